The van der Waals surface area contributed by atoms with Crippen LogP contribution in [-0.2, 0) is 22.3 Å². The molecule has 2 aliphatic heterocycles. The lowest BCUT2D eigenvalue weighted by Gasteiger charge is -2.33. The number of alkyl halides is 3. The third-order valence-corrected chi connectivity index (χ3v) is 6.73. The molecular formula is C21H27ClF3N3O3. The molecule has 3 rings (SSSR count). The fourth-order valence-electron chi connectivity index (χ4n) is 4.68. The van der Waals surface area contributed by atoms with E-state index < -0.39 is 23.1 Å². The topological polar surface area (TPSA) is 81.7 Å². The first kappa shape index (κ1) is 23.8. The van der Waals surface area contributed by atoms with Crippen LogP contribution in [0.3, 0.4) is 0 Å². The maximum atomic E-state index is 13.5. The zero-order chi connectivity index (χ0) is 22.8. The molecule has 0 radical (unpaired) electrons. The van der Waals surface area contributed by atoms with Crippen molar-refractivity contribution in [2.24, 2.45) is 11.3 Å². The van der Waals surface area contributed by atoms with Crippen LogP contribution in [0.15, 0.2) is 18.2 Å². The molecule has 1 amide bonds. The molecule has 6 nitrogen and oxygen atoms in total. The van der Waals surface area contributed by atoms with E-state index in [2.05, 4.69) is 10.6 Å². The number of aliphatic carboxylic acids is 1. The van der Waals surface area contributed by atoms with E-state index in [0.717, 1.165) is 32.0 Å². The van der Waals surface area contributed by atoms with Gasteiger partial charge in [-0.15, -0.1) is 0 Å². The van der Waals surface area contributed by atoms with Crippen molar-refractivity contribution in [2.75, 3.05) is 26.2 Å². The number of likely N-dealkylation sites (tertiary alicyclic amines) is 1. The number of hydrogen-bond acceptors (Lipinski definition) is 4. The number of nitrogens with one attached hydrogen (secondary N) is 2. The lowest BCUT2D eigenvalue weighted by Crippen LogP contribution is -2.52. The zero-order valence-electron chi connectivity index (χ0n) is 17.3. The molecule has 31 heavy (non-hydrogen) atoms. The van der Waals surface area contributed by atoms with Crippen molar-refractivity contribution in [1.29, 1.82) is 0 Å². The predicted octanol–water partition coefficient (Wildman–Crippen LogP) is 3.14. The highest BCUT2D eigenvalue weighted by molar-refractivity contribution is 6.31. The molecule has 2 aliphatic rings. The Morgan fingerprint density at radius 2 is 2.00 bits per heavy atom. The van der Waals surface area contributed by atoms with Crippen LogP contribution in [-0.4, -0.2) is 54.1 Å². The Kier molecular flexibility index (Phi) is 7.18. The van der Waals surface area contributed by atoms with Crippen molar-refractivity contribution in [2.45, 2.75) is 44.9 Å². The first-order valence-corrected chi connectivity index (χ1v) is 10.7. The molecule has 2 atom stereocenters. The van der Waals surface area contributed by atoms with Crippen molar-refractivity contribution < 1.29 is 27.9 Å². The van der Waals surface area contributed by atoms with E-state index in [9.17, 15) is 27.9 Å². The van der Waals surface area contributed by atoms with Crippen LogP contribution < -0.4 is 10.6 Å². The monoisotopic (exact) mass is 461 g/mol. The average Bonchev–Trinajstić information content (AvgIpc) is 2.98. The molecule has 0 bridgehead atoms. The van der Waals surface area contributed by atoms with Gasteiger partial charge in [0.2, 0.25) is 5.91 Å². The highest BCUT2D eigenvalue weighted by Gasteiger charge is 2.52. The van der Waals surface area contributed by atoms with Crippen LogP contribution in [0.4, 0.5) is 13.2 Å². The number of carboxylic acids is 1. The third kappa shape index (κ3) is 5.32. The molecule has 2 heterocycles. The van der Waals surface area contributed by atoms with Crippen molar-refractivity contribution in [3.05, 3.63) is 34.3 Å². The second-order valence-electron chi connectivity index (χ2n) is 8.56. The van der Waals surface area contributed by atoms with E-state index in [0.29, 0.717) is 6.54 Å². The molecule has 2 saturated heterocycles. The van der Waals surface area contributed by atoms with Gasteiger partial charge in [0.15, 0.2) is 0 Å². The number of benzene rings is 1. The molecule has 3 N–H and O–H groups in total. The summed E-state index contributed by atoms with van der Waals surface area (Å²) in [7, 11) is 0. The summed E-state index contributed by atoms with van der Waals surface area (Å²) >= 11 is 6.09. The summed E-state index contributed by atoms with van der Waals surface area (Å²) in [6, 6.07) is 3.60. The lowest BCUT2D eigenvalue weighted by atomic mass is 9.75. The van der Waals surface area contributed by atoms with Gasteiger partial charge in [0, 0.05) is 30.7 Å². The Morgan fingerprint density at radius 1 is 1.32 bits per heavy atom. The van der Waals surface area contributed by atoms with Crippen LogP contribution >= 0.6 is 11.6 Å². The first-order valence-electron chi connectivity index (χ1n) is 10.3. The Bertz CT molecular complexity index is 830. The highest BCUT2D eigenvalue weighted by atomic mass is 35.5. The number of carboxylic acid groups (broad SMARTS) is 1. The van der Waals surface area contributed by atoms with Crippen molar-refractivity contribution in [1.82, 2.24) is 15.5 Å². The van der Waals surface area contributed by atoms with E-state index in [-0.39, 0.29) is 48.0 Å². The number of halogens is 4. The Labute approximate surface area is 184 Å². The maximum Gasteiger partial charge on any atom is 0.416 e. The Hall–Kier alpha value is -1.84. The minimum Gasteiger partial charge on any atom is -0.481 e. The van der Waals surface area contributed by atoms with Gasteiger partial charge >= 0.3 is 12.1 Å². The minimum atomic E-state index is -4.56. The molecule has 0 spiro atoms. The fourth-order valence-corrected chi connectivity index (χ4v) is 4.92. The summed E-state index contributed by atoms with van der Waals surface area (Å²) in [5.74, 6) is -1.79. The molecule has 1 aromatic carbocycles. The smallest absolute Gasteiger partial charge is 0.416 e. The number of carbonyl (C=O) groups is 2. The second-order valence-corrected chi connectivity index (χ2v) is 8.97. The summed E-state index contributed by atoms with van der Waals surface area (Å²) in [5, 5.41) is 15.7. The van der Waals surface area contributed by atoms with Gasteiger partial charge in [0.05, 0.1) is 17.4 Å². The van der Waals surface area contributed by atoms with Crippen molar-refractivity contribution in [3.8, 4) is 0 Å². The molecule has 0 saturated carbocycles. The first-order chi connectivity index (χ1) is 14.5. The number of amides is 1. The van der Waals surface area contributed by atoms with Crippen LogP contribution in [0.1, 0.15) is 37.3 Å². The second kappa shape index (κ2) is 9.34. The Balaban J connectivity index is 1.83. The molecule has 172 valence electrons. The summed E-state index contributed by atoms with van der Waals surface area (Å²) < 4.78 is 40.4. The zero-order valence-corrected chi connectivity index (χ0v) is 18.0. The predicted molar refractivity (Wildman–Crippen MR) is 110 cm³/mol. The summed E-state index contributed by atoms with van der Waals surface area (Å²) in [5.41, 5.74) is -2.09. The molecule has 0 aliphatic carbocycles. The SMILES string of the molecule is CC1CN(Cc2c(Cl)cccc2C(F)(F)F)CC1(CC(=O)O)C(=O)NC1CCNCC1. The van der Waals surface area contributed by atoms with Crippen LogP contribution in [0.25, 0.3) is 0 Å². The number of nitrogens with zero attached hydrogens (tertiary/aromatic N) is 1. The van der Waals surface area contributed by atoms with Crippen LogP contribution in [0, 0.1) is 11.3 Å². The van der Waals surface area contributed by atoms with Gasteiger partial charge in [0.1, 0.15) is 0 Å². The van der Waals surface area contributed by atoms with Crippen LogP contribution in [0.5, 0.6) is 0 Å². The summed E-state index contributed by atoms with van der Waals surface area (Å²) in [4.78, 5) is 26.6. The van der Waals surface area contributed by atoms with E-state index >= 15 is 0 Å². The van der Waals surface area contributed by atoms with E-state index in [4.69, 9.17) is 11.6 Å². The van der Waals surface area contributed by atoms with Gasteiger partial charge in [-0.3, -0.25) is 14.5 Å². The number of rotatable bonds is 6. The number of hydrogen-bond donors (Lipinski definition) is 3. The molecule has 2 unspecified atom stereocenters. The quantitative estimate of drug-likeness (QED) is 0.606. The van der Waals surface area contributed by atoms with Gasteiger partial charge in [0.25, 0.3) is 0 Å². The third-order valence-electron chi connectivity index (χ3n) is 6.38. The molecule has 10 heteroatoms. The normalized spacial score (nSPS) is 25.5. The van der Waals surface area contributed by atoms with Gasteiger partial charge in [-0.2, -0.15) is 13.2 Å². The largest absolute Gasteiger partial charge is 0.481 e. The fraction of sp³-hybridized carbons (Fsp3) is 0.619. The minimum absolute atomic E-state index is 0.00244. The summed E-state index contributed by atoms with van der Waals surface area (Å²) in [6.07, 6.45) is -3.44. The van der Waals surface area contributed by atoms with Gasteiger partial charge in [-0.1, -0.05) is 24.6 Å². The van der Waals surface area contributed by atoms with Crippen LogP contribution in [0.2, 0.25) is 5.02 Å². The lowest BCUT2D eigenvalue weighted by molar-refractivity contribution is -0.147. The number of piperidine rings is 1. The van der Waals surface area contributed by atoms with E-state index in [1.807, 2.05) is 0 Å². The standard InChI is InChI=1S/C21H27ClF3N3O3/c1-13-10-28(11-15-16(21(23,24)25)3-2-4-17(15)22)12-20(13,9-18(29)30)19(31)27-14-5-7-26-8-6-14/h2-4,13-14,26H,5-12H2,1H3,(H,27,31)(H,29,30). The van der Waals surface area contributed by atoms with Gasteiger partial charge in [-0.05, 0) is 49.5 Å². The van der Waals surface area contributed by atoms with Crippen molar-refractivity contribution >= 4 is 23.5 Å². The summed E-state index contributed by atoms with van der Waals surface area (Å²) in [6.45, 7) is 3.56. The van der Waals surface area contributed by atoms with Crippen molar-refractivity contribution in [3.63, 3.8) is 0 Å². The average molecular weight is 462 g/mol. The van der Waals surface area contributed by atoms with Gasteiger partial charge in [-0.25, -0.2) is 0 Å². The highest BCUT2D eigenvalue weighted by Crippen LogP contribution is 2.42. The molecular weight excluding hydrogens is 435 g/mol. The van der Waals surface area contributed by atoms with E-state index in [1.54, 1.807) is 11.8 Å². The molecule has 2 fully saturated rings. The molecule has 0 aromatic heterocycles. The van der Waals surface area contributed by atoms with E-state index in [1.165, 1.54) is 12.1 Å². The Morgan fingerprint density at radius 3 is 2.61 bits per heavy atom. The van der Waals surface area contributed by atoms with Gasteiger partial charge < -0.3 is 15.7 Å². The number of carbonyl (C=O) groups excluding carboxylic acids is 1. The molecule has 1 aromatic rings. The maximum absolute atomic E-state index is 13.5.